The SMILES string of the molecule is C=C(C=CCl)c1cccnc1C(C)N=NC. The average molecular weight is 236 g/mol. The summed E-state index contributed by atoms with van der Waals surface area (Å²) in [6.07, 6.45) is 3.47. The Balaban J connectivity index is 3.14. The summed E-state index contributed by atoms with van der Waals surface area (Å²) in [4.78, 5) is 4.31. The number of nitrogens with zero attached hydrogens (tertiary/aromatic N) is 3. The summed E-state index contributed by atoms with van der Waals surface area (Å²) in [5, 5.41) is 7.83. The van der Waals surface area contributed by atoms with Gasteiger partial charge in [0.1, 0.15) is 6.04 Å². The predicted molar refractivity (Wildman–Crippen MR) is 67.5 cm³/mol. The van der Waals surface area contributed by atoms with Crippen molar-refractivity contribution in [3.05, 3.63) is 47.8 Å². The van der Waals surface area contributed by atoms with Gasteiger partial charge in [-0.25, -0.2) is 0 Å². The van der Waals surface area contributed by atoms with Crippen molar-refractivity contribution >= 4 is 17.2 Å². The third-order valence-electron chi connectivity index (χ3n) is 2.13. The number of azo groups is 1. The molecule has 0 radical (unpaired) electrons. The van der Waals surface area contributed by atoms with Gasteiger partial charge >= 0.3 is 0 Å². The van der Waals surface area contributed by atoms with Crippen molar-refractivity contribution in [2.75, 3.05) is 7.05 Å². The van der Waals surface area contributed by atoms with E-state index in [1.807, 2.05) is 19.1 Å². The smallest absolute Gasteiger partial charge is 0.111 e. The van der Waals surface area contributed by atoms with Crippen LogP contribution in [0.25, 0.3) is 5.57 Å². The van der Waals surface area contributed by atoms with E-state index in [2.05, 4.69) is 21.8 Å². The molecule has 1 aromatic rings. The molecule has 1 unspecified atom stereocenters. The second kappa shape index (κ2) is 6.18. The molecule has 0 fully saturated rings. The first-order valence-corrected chi connectivity index (χ1v) is 5.34. The van der Waals surface area contributed by atoms with Gasteiger partial charge in [0, 0.05) is 24.3 Å². The lowest BCUT2D eigenvalue weighted by Gasteiger charge is -2.10. The molecule has 1 atom stereocenters. The number of allylic oxidation sites excluding steroid dienone is 2. The van der Waals surface area contributed by atoms with E-state index in [0.29, 0.717) is 0 Å². The Morgan fingerprint density at radius 3 is 3.00 bits per heavy atom. The summed E-state index contributed by atoms with van der Waals surface area (Å²) >= 11 is 5.54. The van der Waals surface area contributed by atoms with Crippen molar-refractivity contribution in [1.29, 1.82) is 0 Å². The molecule has 16 heavy (non-hydrogen) atoms. The molecular formula is C12H14ClN3. The monoisotopic (exact) mass is 235 g/mol. The van der Waals surface area contributed by atoms with Gasteiger partial charge in [-0.1, -0.05) is 24.2 Å². The van der Waals surface area contributed by atoms with E-state index in [-0.39, 0.29) is 6.04 Å². The second-order valence-electron chi connectivity index (χ2n) is 3.25. The molecule has 0 spiro atoms. The van der Waals surface area contributed by atoms with Gasteiger partial charge in [0.25, 0.3) is 0 Å². The third kappa shape index (κ3) is 3.00. The van der Waals surface area contributed by atoms with Crippen molar-refractivity contribution in [3.8, 4) is 0 Å². The van der Waals surface area contributed by atoms with Crippen LogP contribution >= 0.6 is 11.6 Å². The van der Waals surface area contributed by atoms with Gasteiger partial charge in [-0.3, -0.25) is 4.98 Å². The van der Waals surface area contributed by atoms with Crippen LogP contribution in [0.1, 0.15) is 24.2 Å². The van der Waals surface area contributed by atoms with Crippen LogP contribution in [0.5, 0.6) is 0 Å². The van der Waals surface area contributed by atoms with E-state index in [0.717, 1.165) is 16.8 Å². The first-order valence-electron chi connectivity index (χ1n) is 4.90. The summed E-state index contributed by atoms with van der Waals surface area (Å²) in [5.41, 5.74) is 4.05. The van der Waals surface area contributed by atoms with Crippen LogP contribution < -0.4 is 0 Å². The second-order valence-corrected chi connectivity index (χ2v) is 3.50. The quantitative estimate of drug-likeness (QED) is 0.574. The van der Waals surface area contributed by atoms with E-state index in [1.165, 1.54) is 5.54 Å². The minimum atomic E-state index is -0.0818. The van der Waals surface area contributed by atoms with Crippen molar-refractivity contribution < 1.29 is 0 Å². The van der Waals surface area contributed by atoms with Gasteiger partial charge in [0.05, 0.1) is 5.69 Å². The Bertz CT molecular complexity index is 424. The summed E-state index contributed by atoms with van der Waals surface area (Å²) in [6, 6.07) is 3.73. The first-order chi connectivity index (χ1) is 7.70. The number of rotatable bonds is 4. The van der Waals surface area contributed by atoms with Gasteiger partial charge < -0.3 is 0 Å². The van der Waals surface area contributed by atoms with E-state index in [4.69, 9.17) is 11.6 Å². The summed E-state index contributed by atoms with van der Waals surface area (Å²) in [7, 11) is 1.65. The molecular weight excluding hydrogens is 222 g/mol. The molecule has 0 amide bonds. The van der Waals surface area contributed by atoms with Crippen molar-refractivity contribution in [1.82, 2.24) is 4.98 Å². The lowest BCUT2D eigenvalue weighted by atomic mass is 10.0. The van der Waals surface area contributed by atoms with Crippen molar-refractivity contribution in [2.24, 2.45) is 10.2 Å². The largest absolute Gasteiger partial charge is 0.258 e. The molecule has 4 heteroatoms. The highest BCUT2D eigenvalue weighted by Gasteiger charge is 2.11. The molecule has 0 aliphatic carbocycles. The highest BCUT2D eigenvalue weighted by atomic mass is 35.5. The van der Waals surface area contributed by atoms with Gasteiger partial charge in [0.2, 0.25) is 0 Å². The molecule has 84 valence electrons. The zero-order valence-corrected chi connectivity index (χ0v) is 10.1. The first kappa shape index (κ1) is 12.6. The number of halogens is 1. The zero-order valence-electron chi connectivity index (χ0n) is 9.39. The molecule has 1 aromatic heterocycles. The molecule has 0 aromatic carbocycles. The molecule has 0 aliphatic heterocycles. The van der Waals surface area contributed by atoms with Crippen LogP contribution in [0.3, 0.4) is 0 Å². The Hall–Kier alpha value is -1.48. The maximum Gasteiger partial charge on any atom is 0.111 e. The number of pyridine rings is 1. The topological polar surface area (TPSA) is 37.6 Å². The summed E-state index contributed by atoms with van der Waals surface area (Å²) < 4.78 is 0. The summed E-state index contributed by atoms with van der Waals surface area (Å²) in [6.45, 7) is 5.88. The van der Waals surface area contributed by atoms with Crippen LogP contribution in [-0.2, 0) is 0 Å². The maximum atomic E-state index is 5.54. The molecule has 0 N–H and O–H groups in total. The van der Waals surface area contributed by atoms with Crippen molar-refractivity contribution in [2.45, 2.75) is 13.0 Å². The fraction of sp³-hybridized carbons (Fsp3) is 0.250. The Kier molecular flexibility index (Phi) is 4.86. The molecule has 0 bridgehead atoms. The van der Waals surface area contributed by atoms with Gasteiger partial charge in [-0.15, -0.1) is 0 Å². The van der Waals surface area contributed by atoms with Crippen molar-refractivity contribution in [3.63, 3.8) is 0 Å². The number of aromatic nitrogens is 1. The predicted octanol–water partition coefficient (Wildman–Crippen LogP) is 3.99. The van der Waals surface area contributed by atoms with E-state index >= 15 is 0 Å². The van der Waals surface area contributed by atoms with Gasteiger partial charge in [0.15, 0.2) is 0 Å². The zero-order chi connectivity index (χ0) is 12.0. The molecule has 1 rings (SSSR count). The molecule has 0 aliphatic rings. The van der Waals surface area contributed by atoms with Gasteiger partial charge in [-0.05, 0) is 24.6 Å². The van der Waals surface area contributed by atoms with E-state index in [1.54, 1.807) is 19.3 Å². The Morgan fingerprint density at radius 1 is 1.62 bits per heavy atom. The number of hydrogen-bond donors (Lipinski definition) is 0. The fourth-order valence-corrected chi connectivity index (χ4v) is 1.57. The lowest BCUT2D eigenvalue weighted by molar-refractivity contribution is 0.724. The standard InChI is InChI=1S/C12H14ClN3/c1-9(6-7-13)11-5-4-8-15-12(11)10(2)16-14-3/h4-8,10H,1H2,2-3H3. The molecule has 1 heterocycles. The van der Waals surface area contributed by atoms with Crippen LogP contribution in [0.4, 0.5) is 0 Å². The van der Waals surface area contributed by atoms with Crippen LogP contribution in [0.2, 0.25) is 0 Å². The van der Waals surface area contributed by atoms with Crippen LogP contribution in [0.15, 0.2) is 46.7 Å². The fourth-order valence-electron chi connectivity index (χ4n) is 1.42. The van der Waals surface area contributed by atoms with E-state index in [9.17, 15) is 0 Å². The molecule has 0 saturated carbocycles. The average Bonchev–Trinajstić information content (AvgIpc) is 2.30. The Labute approximate surface area is 101 Å². The van der Waals surface area contributed by atoms with Crippen LogP contribution in [0, 0.1) is 0 Å². The maximum absolute atomic E-state index is 5.54. The van der Waals surface area contributed by atoms with Crippen LogP contribution in [-0.4, -0.2) is 12.0 Å². The third-order valence-corrected chi connectivity index (χ3v) is 2.26. The van der Waals surface area contributed by atoms with Gasteiger partial charge in [-0.2, -0.15) is 10.2 Å². The van der Waals surface area contributed by atoms with E-state index < -0.39 is 0 Å². The highest BCUT2D eigenvalue weighted by Crippen LogP contribution is 2.24. The normalized spacial score (nSPS) is 13.4. The number of hydrogen-bond acceptors (Lipinski definition) is 3. The minimum absolute atomic E-state index is 0.0818. The molecule has 3 nitrogen and oxygen atoms in total. The Morgan fingerprint density at radius 2 is 2.38 bits per heavy atom. The summed E-state index contributed by atoms with van der Waals surface area (Å²) in [5.74, 6) is 0. The lowest BCUT2D eigenvalue weighted by Crippen LogP contribution is -1.98. The highest BCUT2D eigenvalue weighted by molar-refractivity contribution is 6.26. The molecule has 0 saturated heterocycles. The minimum Gasteiger partial charge on any atom is -0.258 e.